The van der Waals surface area contributed by atoms with E-state index in [1.54, 1.807) is 6.07 Å². The molecule has 0 saturated heterocycles. The first kappa shape index (κ1) is 16.3. The molecule has 0 saturated carbocycles. The fourth-order valence-electron chi connectivity index (χ4n) is 2.07. The van der Waals surface area contributed by atoms with Crippen LogP contribution >= 0.6 is 11.3 Å². The predicted molar refractivity (Wildman–Crippen MR) is 83.0 cm³/mol. The van der Waals surface area contributed by atoms with Crippen LogP contribution in [0.15, 0.2) is 53.5 Å². The van der Waals surface area contributed by atoms with E-state index >= 15 is 0 Å². The number of rotatable bonds is 4. The van der Waals surface area contributed by atoms with Gasteiger partial charge in [0.1, 0.15) is 6.26 Å². The Labute approximate surface area is 139 Å². The number of nitrogens with zero attached hydrogens (tertiary/aromatic N) is 1. The van der Waals surface area contributed by atoms with Crippen LogP contribution in [-0.2, 0) is 12.6 Å². The van der Waals surface area contributed by atoms with Gasteiger partial charge in [-0.2, -0.15) is 13.2 Å². The minimum atomic E-state index is -4.37. The zero-order chi connectivity index (χ0) is 17.2. The number of thiazole rings is 1. The number of benzene rings is 1. The Morgan fingerprint density at radius 3 is 2.83 bits per heavy atom. The lowest BCUT2D eigenvalue weighted by Crippen LogP contribution is -2.10. The summed E-state index contributed by atoms with van der Waals surface area (Å²) in [6.45, 7) is 0. The van der Waals surface area contributed by atoms with Gasteiger partial charge >= 0.3 is 6.18 Å². The monoisotopic (exact) mass is 352 g/mol. The number of anilines is 1. The van der Waals surface area contributed by atoms with E-state index in [0.29, 0.717) is 22.7 Å². The van der Waals surface area contributed by atoms with Crippen molar-refractivity contribution in [1.29, 1.82) is 0 Å². The number of amides is 1. The van der Waals surface area contributed by atoms with Gasteiger partial charge < -0.3 is 4.42 Å². The van der Waals surface area contributed by atoms with E-state index < -0.39 is 11.7 Å². The van der Waals surface area contributed by atoms with Gasteiger partial charge in [-0.25, -0.2) is 4.98 Å². The summed E-state index contributed by atoms with van der Waals surface area (Å²) in [4.78, 5) is 16.7. The highest BCUT2D eigenvalue weighted by molar-refractivity contribution is 7.15. The maximum atomic E-state index is 12.7. The maximum Gasteiger partial charge on any atom is 0.416 e. The summed E-state index contributed by atoms with van der Waals surface area (Å²) in [5, 5.41) is 2.99. The molecule has 124 valence electrons. The first-order chi connectivity index (χ1) is 11.4. The van der Waals surface area contributed by atoms with Crippen LogP contribution in [0.4, 0.5) is 18.3 Å². The summed E-state index contributed by atoms with van der Waals surface area (Å²) >= 11 is 1.21. The lowest BCUT2D eigenvalue weighted by atomic mass is 10.1. The Kier molecular flexibility index (Phi) is 4.39. The number of alkyl halides is 3. The number of hydrogen-bond acceptors (Lipinski definition) is 4. The smallest absolute Gasteiger partial charge is 0.416 e. The molecule has 0 aliphatic carbocycles. The minimum absolute atomic E-state index is 0.309. The van der Waals surface area contributed by atoms with E-state index in [2.05, 4.69) is 10.3 Å². The van der Waals surface area contributed by atoms with Gasteiger partial charge in [-0.05, 0) is 17.7 Å². The zero-order valence-corrected chi connectivity index (χ0v) is 12.9. The van der Waals surface area contributed by atoms with E-state index in [1.807, 2.05) is 0 Å². The summed E-state index contributed by atoms with van der Waals surface area (Å²) in [5.74, 6) is -0.358. The van der Waals surface area contributed by atoms with Gasteiger partial charge in [0.2, 0.25) is 0 Å². The van der Waals surface area contributed by atoms with Crippen LogP contribution in [0.5, 0.6) is 0 Å². The molecule has 0 unspecified atom stereocenters. The Balaban J connectivity index is 1.69. The Hall–Kier alpha value is -2.61. The topological polar surface area (TPSA) is 55.1 Å². The van der Waals surface area contributed by atoms with Crippen molar-refractivity contribution >= 4 is 22.4 Å². The second kappa shape index (κ2) is 6.48. The van der Waals surface area contributed by atoms with Crippen molar-refractivity contribution in [2.75, 3.05) is 5.32 Å². The molecule has 0 spiro atoms. The molecule has 0 radical (unpaired) electrons. The van der Waals surface area contributed by atoms with Crippen LogP contribution in [0.1, 0.15) is 26.4 Å². The van der Waals surface area contributed by atoms with E-state index in [-0.39, 0.29) is 5.91 Å². The van der Waals surface area contributed by atoms with Crippen molar-refractivity contribution in [1.82, 2.24) is 4.98 Å². The second-order valence-electron chi connectivity index (χ2n) is 4.97. The maximum absolute atomic E-state index is 12.7. The number of nitrogens with one attached hydrogen (secondary N) is 1. The van der Waals surface area contributed by atoms with Gasteiger partial charge in [0.25, 0.3) is 5.91 Å². The Bertz CT molecular complexity index is 841. The van der Waals surface area contributed by atoms with E-state index in [9.17, 15) is 18.0 Å². The third-order valence-electron chi connectivity index (χ3n) is 3.19. The van der Waals surface area contributed by atoms with Crippen LogP contribution < -0.4 is 5.32 Å². The van der Waals surface area contributed by atoms with Crippen molar-refractivity contribution in [3.05, 3.63) is 70.6 Å². The lowest BCUT2D eigenvalue weighted by molar-refractivity contribution is -0.137. The van der Waals surface area contributed by atoms with Crippen LogP contribution in [0, 0.1) is 0 Å². The fraction of sp³-hybridized carbons (Fsp3) is 0.125. The van der Waals surface area contributed by atoms with Crippen molar-refractivity contribution in [3.8, 4) is 0 Å². The normalized spacial score (nSPS) is 11.5. The predicted octanol–water partition coefficient (Wildman–Crippen LogP) is 4.60. The minimum Gasteiger partial charge on any atom is -0.472 e. The Morgan fingerprint density at radius 2 is 2.12 bits per heavy atom. The first-order valence-electron chi connectivity index (χ1n) is 6.86. The molecule has 2 aromatic heterocycles. The summed E-state index contributed by atoms with van der Waals surface area (Å²) in [6.07, 6.45) is 0.175. The molecular formula is C16H11F3N2O2S. The van der Waals surface area contributed by atoms with Gasteiger partial charge in [-0.1, -0.05) is 18.2 Å². The molecule has 3 rings (SSSR count). The lowest BCUT2D eigenvalue weighted by Gasteiger charge is -2.07. The number of aromatic nitrogens is 1. The Morgan fingerprint density at radius 1 is 1.29 bits per heavy atom. The zero-order valence-electron chi connectivity index (χ0n) is 12.1. The van der Waals surface area contributed by atoms with Crippen LogP contribution in [0.25, 0.3) is 0 Å². The third-order valence-corrected chi connectivity index (χ3v) is 4.10. The molecule has 3 aromatic rings. The average Bonchev–Trinajstić information content (AvgIpc) is 3.18. The molecule has 1 N–H and O–H groups in total. The van der Waals surface area contributed by atoms with E-state index in [4.69, 9.17) is 4.42 Å². The number of carbonyl (C=O) groups is 1. The van der Waals surface area contributed by atoms with Crippen molar-refractivity contribution in [2.24, 2.45) is 0 Å². The van der Waals surface area contributed by atoms with Gasteiger partial charge in [-0.15, -0.1) is 11.3 Å². The third kappa shape index (κ3) is 3.83. The molecular weight excluding hydrogens is 341 g/mol. The number of carbonyl (C=O) groups excluding carboxylic acids is 1. The number of hydrogen-bond donors (Lipinski definition) is 1. The van der Waals surface area contributed by atoms with Gasteiger partial charge in [-0.3, -0.25) is 10.1 Å². The quantitative estimate of drug-likeness (QED) is 0.747. The molecule has 0 atom stereocenters. The van der Waals surface area contributed by atoms with Crippen LogP contribution in [0.3, 0.4) is 0 Å². The molecule has 0 bridgehead atoms. The molecule has 4 nitrogen and oxygen atoms in total. The second-order valence-corrected chi connectivity index (χ2v) is 6.09. The van der Waals surface area contributed by atoms with Crippen LogP contribution in [-0.4, -0.2) is 10.9 Å². The highest BCUT2D eigenvalue weighted by Gasteiger charge is 2.30. The summed E-state index contributed by atoms with van der Waals surface area (Å²) < 4.78 is 43.0. The first-order valence-corrected chi connectivity index (χ1v) is 7.68. The average molecular weight is 352 g/mol. The molecule has 0 aliphatic rings. The molecule has 2 heterocycles. The standard InChI is InChI=1S/C16H11F3N2O2S/c17-16(18,19)12-3-1-2-10(6-12)7-13-8-20-15(24-13)21-14(22)11-4-5-23-9-11/h1-6,8-9H,7H2,(H,20,21,22). The van der Waals surface area contributed by atoms with Crippen LogP contribution in [0.2, 0.25) is 0 Å². The fourth-order valence-corrected chi connectivity index (χ4v) is 2.91. The van der Waals surface area contributed by atoms with E-state index in [0.717, 1.165) is 17.0 Å². The molecule has 24 heavy (non-hydrogen) atoms. The molecule has 8 heteroatoms. The molecule has 1 amide bonds. The highest BCUT2D eigenvalue weighted by Crippen LogP contribution is 2.30. The SMILES string of the molecule is O=C(Nc1ncc(Cc2cccc(C(F)(F)F)c2)s1)c1ccoc1. The van der Waals surface area contributed by atoms with Crippen molar-refractivity contribution < 1.29 is 22.4 Å². The molecule has 0 fully saturated rings. The van der Waals surface area contributed by atoms with Crippen molar-refractivity contribution in [2.45, 2.75) is 12.6 Å². The summed E-state index contributed by atoms with van der Waals surface area (Å²) in [5.41, 5.74) is 0.212. The summed E-state index contributed by atoms with van der Waals surface area (Å²) in [6, 6.07) is 6.67. The summed E-state index contributed by atoms with van der Waals surface area (Å²) in [7, 11) is 0. The van der Waals surface area contributed by atoms with Gasteiger partial charge in [0.15, 0.2) is 5.13 Å². The molecule has 0 aliphatic heterocycles. The van der Waals surface area contributed by atoms with Gasteiger partial charge in [0.05, 0.1) is 17.4 Å². The van der Waals surface area contributed by atoms with Crippen molar-refractivity contribution in [3.63, 3.8) is 0 Å². The number of halogens is 3. The number of furan rings is 1. The highest BCUT2D eigenvalue weighted by atomic mass is 32.1. The van der Waals surface area contributed by atoms with E-state index in [1.165, 1.54) is 42.2 Å². The largest absolute Gasteiger partial charge is 0.472 e. The molecule has 1 aromatic carbocycles. The van der Waals surface area contributed by atoms with Gasteiger partial charge in [0, 0.05) is 17.5 Å².